The van der Waals surface area contributed by atoms with Crippen LogP contribution in [-0.2, 0) is 25.6 Å². The fourth-order valence-electron chi connectivity index (χ4n) is 2.99. The number of allylic oxidation sites excluding steroid dienone is 1. The maximum atomic E-state index is 13.0. The van der Waals surface area contributed by atoms with Crippen LogP contribution in [0.4, 0.5) is 5.69 Å². The van der Waals surface area contributed by atoms with Crippen molar-refractivity contribution in [2.24, 2.45) is 5.92 Å². The van der Waals surface area contributed by atoms with E-state index < -0.39 is 11.8 Å². The number of esters is 1. The molecule has 0 unspecified atom stereocenters. The molecule has 1 aliphatic heterocycles. The lowest BCUT2D eigenvalue weighted by atomic mass is 10.1. The summed E-state index contributed by atoms with van der Waals surface area (Å²) in [4.78, 5) is 25.4. The molecule has 0 aliphatic carbocycles. The largest absolute Gasteiger partial charge is 0.462 e. The number of ether oxygens (including phenoxy) is 2. The van der Waals surface area contributed by atoms with E-state index in [1.54, 1.807) is 30.7 Å². The molecule has 7 nitrogen and oxygen atoms in total. The molecule has 0 atom stereocenters. The van der Waals surface area contributed by atoms with E-state index >= 15 is 0 Å². The molecule has 0 fully saturated rings. The summed E-state index contributed by atoms with van der Waals surface area (Å²) >= 11 is 6.48. The van der Waals surface area contributed by atoms with Crippen molar-refractivity contribution in [3.8, 4) is 0 Å². The first-order valence-electron chi connectivity index (χ1n) is 9.72. The number of para-hydroxylation sites is 1. The third-order valence-corrected chi connectivity index (χ3v) is 4.72. The molecule has 0 amide bonds. The van der Waals surface area contributed by atoms with Gasteiger partial charge in [-0.2, -0.15) is 5.10 Å². The van der Waals surface area contributed by atoms with Gasteiger partial charge in [-0.1, -0.05) is 43.6 Å². The van der Waals surface area contributed by atoms with Crippen LogP contribution in [0.15, 0.2) is 47.5 Å². The van der Waals surface area contributed by atoms with Crippen molar-refractivity contribution < 1.29 is 19.1 Å². The Hall–Kier alpha value is -3.06. The molecule has 0 saturated heterocycles. The van der Waals surface area contributed by atoms with E-state index in [1.807, 2.05) is 18.2 Å². The smallest absolute Gasteiger partial charge is 0.347 e. The van der Waals surface area contributed by atoms with Crippen molar-refractivity contribution in [3.63, 3.8) is 0 Å². The van der Waals surface area contributed by atoms with Gasteiger partial charge in [-0.25, -0.2) is 4.79 Å². The molecule has 1 N–H and O–H groups in total. The number of aryl methyl sites for hydroxylation is 1. The van der Waals surface area contributed by atoms with Crippen molar-refractivity contribution >= 4 is 35.1 Å². The Morgan fingerprint density at radius 3 is 2.67 bits per heavy atom. The highest BCUT2D eigenvalue weighted by atomic mass is 35.5. The van der Waals surface area contributed by atoms with Gasteiger partial charge >= 0.3 is 5.97 Å². The van der Waals surface area contributed by atoms with Crippen molar-refractivity contribution in [3.05, 3.63) is 64.0 Å². The summed E-state index contributed by atoms with van der Waals surface area (Å²) in [6.07, 6.45) is 1.52. The first-order chi connectivity index (χ1) is 14.3. The van der Waals surface area contributed by atoms with Crippen molar-refractivity contribution in [2.45, 2.75) is 34.2 Å². The standard InChI is InChI=1S/C22H24ClN3O4/c1-5-29-22(28)18-19(27)17(30-21(18)24-15-9-7-6-8-10-15)11-16-14(4)25-26(20(16)23)12-13(2)3/h6-11,13,24H,5,12H2,1-4H3/b17-11-. The Morgan fingerprint density at radius 1 is 1.33 bits per heavy atom. The van der Waals surface area contributed by atoms with Gasteiger partial charge in [0.1, 0.15) is 5.15 Å². The second-order valence-electron chi connectivity index (χ2n) is 7.22. The number of rotatable bonds is 7. The molecule has 1 aromatic heterocycles. The molecular formula is C22H24ClN3O4. The zero-order valence-corrected chi connectivity index (χ0v) is 18.1. The second-order valence-corrected chi connectivity index (χ2v) is 7.58. The van der Waals surface area contributed by atoms with Gasteiger partial charge in [-0.3, -0.25) is 9.48 Å². The fourth-order valence-corrected chi connectivity index (χ4v) is 3.29. The monoisotopic (exact) mass is 429 g/mol. The third kappa shape index (κ3) is 4.57. The molecule has 0 spiro atoms. The van der Waals surface area contributed by atoms with E-state index in [2.05, 4.69) is 24.3 Å². The molecule has 158 valence electrons. The van der Waals surface area contributed by atoms with Crippen LogP contribution in [0.3, 0.4) is 0 Å². The molecular weight excluding hydrogens is 406 g/mol. The van der Waals surface area contributed by atoms with Crippen molar-refractivity contribution in [1.29, 1.82) is 0 Å². The Kier molecular flexibility index (Phi) is 6.62. The van der Waals surface area contributed by atoms with Gasteiger partial charge in [-0.05, 0) is 38.0 Å². The number of anilines is 1. The number of nitrogens with zero attached hydrogens (tertiary/aromatic N) is 2. The molecule has 1 aliphatic rings. The summed E-state index contributed by atoms with van der Waals surface area (Å²) in [5.41, 5.74) is 1.72. The number of ketones is 1. The Balaban J connectivity index is 1.96. The fraction of sp³-hybridized carbons (Fsp3) is 0.318. The van der Waals surface area contributed by atoms with Crippen molar-refractivity contribution in [2.75, 3.05) is 11.9 Å². The molecule has 30 heavy (non-hydrogen) atoms. The Labute approximate surface area is 180 Å². The summed E-state index contributed by atoms with van der Waals surface area (Å²) in [6.45, 7) is 8.38. The van der Waals surface area contributed by atoms with Crippen LogP contribution in [0, 0.1) is 12.8 Å². The number of Topliss-reactive ketones (excluding diaryl/α,β-unsaturated/α-hetero) is 1. The molecule has 0 saturated carbocycles. The maximum absolute atomic E-state index is 13.0. The first-order valence-corrected chi connectivity index (χ1v) is 10.1. The van der Waals surface area contributed by atoms with Crippen LogP contribution < -0.4 is 5.32 Å². The van der Waals surface area contributed by atoms with E-state index in [0.717, 1.165) is 0 Å². The summed E-state index contributed by atoms with van der Waals surface area (Å²) < 4.78 is 12.5. The molecule has 2 heterocycles. The molecule has 2 aromatic rings. The minimum absolute atomic E-state index is 0.0226. The number of halogens is 1. The van der Waals surface area contributed by atoms with Gasteiger partial charge in [0.15, 0.2) is 11.3 Å². The lowest BCUT2D eigenvalue weighted by molar-refractivity contribution is -0.139. The quantitative estimate of drug-likeness (QED) is 0.401. The zero-order valence-electron chi connectivity index (χ0n) is 17.4. The first kappa shape index (κ1) is 21.6. The number of hydrogen-bond donors (Lipinski definition) is 1. The predicted octanol–water partition coefficient (Wildman–Crippen LogP) is 4.33. The topological polar surface area (TPSA) is 82.4 Å². The van der Waals surface area contributed by atoms with E-state index in [9.17, 15) is 9.59 Å². The van der Waals surface area contributed by atoms with E-state index in [4.69, 9.17) is 21.1 Å². The molecule has 0 bridgehead atoms. The minimum atomic E-state index is -0.748. The average Bonchev–Trinajstić information content (AvgIpc) is 3.13. The third-order valence-electron chi connectivity index (χ3n) is 4.32. The SMILES string of the molecule is CCOC(=O)C1=C(Nc2ccccc2)O/C(=C\c2c(C)nn(CC(C)C)c2Cl)C1=O. The summed E-state index contributed by atoms with van der Waals surface area (Å²) in [7, 11) is 0. The number of carbonyl (C=O) groups is 2. The molecule has 3 rings (SSSR count). The lowest BCUT2D eigenvalue weighted by Gasteiger charge is -2.08. The number of carbonyl (C=O) groups excluding carboxylic acids is 2. The number of benzene rings is 1. The average molecular weight is 430 g/mol. The van der Waals surface area contributed by atoms with Gasteiger partial charge < -0.3 is 14.8 Å². The van der Waals surface area contributed by atoms with Crippen molar-refractivity contribution in [1.82, 2.24) is 9.78 Å². The number of hydrogen-bond acceptors (Lipinski definition) is 6. The van der Waals surface area contributed by atoms with Gasteiger partial charge in [0.25, 0.3) is 0 Å². The molecule has 1 aromatic carbocycles. The predicted molar refractivity (Wildman–Crippen MR) is 115 cm³/mol. The lowest BCUT2D eigenvalue weighted by Crippen LogP contribution is -2.16. The highest BCUT2D eigenvalue weighted by Crippen LogP contribution is 2.31. The van der Waals surface area contributed by atoms with E-state index in [-0.39, 0.29) is 23.8 Å². The Morgan fingerprint density at radius 2 is 2.03 bits per heavy atom. The summed E-state index contributed by atoms with van der Waals surface area (Å²) in [6, 6.07) is 9.10. The Bertz CT molecular complexity index is 1020. The maximum Gasteiger partial charge on any atom is 0.347 e. The zero-order chi connectivity index (χ0) is 21.8. The normalized spacial score (nSPS) is 15.1. The summed E-state index contributed by atoms with van der Waals surface area (Å²) in [5, 5.41) is 7.83. The van der Waals surface area contributed by atoms with Gasteiger partial charge in [-0.15, -0.1) is 0 Å². The van der Waals surface area contributed by atoms with Gasteiger partial charge in [0.2, 0.25) is 11.7 Å². The van der Waals surface area contributed by atoms with E-state index in [0.29, 0.717) is 34.6 Å². The minimum Gasteiger partial charge on any atom is -0.462 e. The van der Waals surface area contributed by atoms with Gasteiger partial charge in [0.05, 0.1) is 12.3 Å². The number of aromatic nitrogens is 2. The second kappa shape index (κ2) is 9.17. The van der Waals surface area contributed by atoms with Crippen LogP contribution >= 0.6 is 11.6 Å². The molecule has 0 radical (unpaired) electrons. The summed E-state index contributed by atoms with van der Waals surface area (Å²) in [5.74, 6) is -0.961. The molecule has 8 heteroatoms. The van der Waals surface area contributed by atoms with Crippen LogP contribution in [0.2, 0.25) is 5.15 Å². The van der Waals surface area contributed by atoms with Crippen LogP contribution in [0.1, 0.15) is 32.0 Å². The highest BCUT2D eigenvalue weighted by molar-refractivity contribution is 6.32. The number of nitrogens with one attached hydrogen (secondary N) is 1. The van der Waals surface area contributed by atoms with Gasteiger partial charge in [0, 0.05) is 17.8 Å². The highest BCUT2D eigenvalue weighted by Gasteiger charge is 2.37. The van der Waals surface area contributed by atoms with Crippen LogP contribution in [0.25, 0.3) is 6.08 Å². The van der Waals surface area contributed by atoms with Crippen LogP contribution in [-0.4, -0.2) is 28.1 Å². The van der Waals surface area contributed by atoms with Crippen LogP contribution in [0.5, 0.6) is 0 Å². The van der Waals surface area contributed by atoms with E-state index in [1.165, 1.54) is 6.08 Å².